The van der Waals surface area contributed by atoms with Crippen molar-refractivity contribution < 1.29 is 65.8 Å². The number of phosphoric acid groups is 1. The number of nitrogens with two attached hydrogens (primary N) is 1. The van der Waals surface area contributed by atoms with E-state index in [0.717, 1.165) is 0 Å². The van der Waals surface area contributed by atoms with Gasteiger partial charge in [0.1, 0.15) is 41.9 Å². The van der Waals surface area contributed by atoms with Gasteiger partial charge in [-0.3, -0.25) is 37.0 Å². The predicted molar refractivity (Wildman–Crippen MR) is 219 cm³/mol. The second-order valence-electron chi connectivity index (χ2n) is 17.9. The molecule has 4 fully saturated rings. The maximum absolute atomic E-state index is 15.1. The Kier molecular flexibility index (Phi) is 12.0. The van der Waals surface area contributed by atoms with E-state index in [4.69, 9.17) is 42.6 Å². The lowest BCUT2D eigenvalue weighted by Gasteiger charge is -2.32. The number of nitrogens with zero attached hydrogens (tertiary/aromatic N) is 7. The molecule has 4 aromatic heterocycles. The number of aromatic nitrogens is 8. The zero-order chi connectivity index (χ0) is 45.4. The van der Waals surface area contributed by atoms with Crippen molar-refractivity contribution in [2.45, 2.75) is 91.6 Å². The van der Waals surface area contributed by atoms with E-state index < -0.39 is 129 Å². The fourth-order valence-electron chi connectivity index (χ4n) is 8.07. The van der Waals surface area contributed by atoms with E-state index in [1.807, 2.05) is 0 Å². The van der Waals surface area contributed by atoms with Crippen molar-refractivity contribution in [2.24, 2.45) is 28.1 Å². The largest absolute Gasteiger partial charge is 0.478 e. The number of carbonyl (C=O) groups excluding carboxylic acids is 2. The predicted octanol–water partition coefficient (Wildman–Crippen LogP) is 3.15. The number of anilines is 1. The van der Waals surface area contributed by atoms with Crippen molar-refractivity contribution in [1.29, 1.82) is 0 Å². The van der Waals surface area contributed by atoms with Crippen LogP contribution >= 0.6 is 26.0 Å². The van der Waals surface area contributed by atoms with Gasteiger partial charge in [0.2, 0.25) is 6.79 Å². The average Bonchev–Trinajstić information content (AvgIpc) is 3.49. The van der Waals surface area contributed by atoms with Gasteiger partial charge in [0.25, 0.3) is 5.56 Å². The molecule has 2 aliphatic heterocycles. The molecule has 2 bridgehead atoms. The minimum atomic E-state index is -4.95. The maximum atomic E-state index is 15.1. The molecule has 0 aromatic carbocycles. The Morgan fingerprint density at radius 3 is 2.41 bits per heavy atom. The second kappa shape index (κ2) is 16.5. The van der Waals surface area contributed by atoms with Crippen molar-refractivity contribution in [3.8, 4) is 0 Å². The SMILES string of the molecule is Cc1nc2c(ncn2[C@@H]2O[C@@H]3CO[P@@](=O)(SCOC(=O)C(C)(C)C)O[C@H]4[C@@H](O)[C@H](n5cnc6c(N)ncnc65)[C@H]5CC54CO[P@@](=O)(OCOC(=O)C(C)(C)C)O[C@@H]2[C@@H]3CO)c(=O)[nH]1. The first-order valence-corrected chi connectivity index (χ1v) is 24.5. The van der Waals surface area contributed by atoms with Gasteiger partial charge in [-0.25, -0.2) is 38.6 Å². The van der Waals surface area contributed by atoms with Crippen LogP contribution in [0.15, 0.2) is 23.8 Å². The molecule has 11 atom stereocenters. The number of esters is 2. The van der Waals surface area contributed by atoms with Crippen LogP contribution < -0.4 is 11.3 Å². The van der Waals surface area contributed by atoms with E-state index in [9.17, 15) is 24.6 Å². The molecule has 8 rings (SSSR count). The van der Waals surface area contributed by atoms with Gasteiger partial charge in [-0.1, -0.05) is 0 Å². The van der Waals surface area contributed by atoms with Gasteiger partial charge in [0, 0.05) is 22.7 Å². The normalized spacial score (nSPS) is 33.5. The first-order valence-electron chi connectivity index (χ1n) is 19.9. The summed E-state index contributed by atoms with van der Waals surface area (Å²) in [5, 5.41) is 23.1. The molecule has 4 aromatic rings. The standard InChI is InChI=1S/C36H49N9O15P2S/c1-17-42-29-22(30(48)43-17)41-14-45(29)31-25-18(9-46)20(58-31)10-55-62(52,63-16-54-33(50)35(5,6)7)60-26-24(47)23(44-13-40-21-27(37)38-12-39-28(21)44)19-8-36(19,26)11-56-61(51,59-25)57-15-53-32(49)34(2,3)4/h12-14,18-20,23-26,31,46-47H,8-11,15-16H2,1-7H3,(H2,37,38,39)(H,42,43,48)/t18-,19-,20-,23-,24+,25-,26+,31-,36?,61+,62-/m1/s1. The minimum absolute atomic E-state index is 0.0443. The minimum Gasteiger partial charge on any atom is -0.454 e. The first-order chi connectivity index (χ1) is 29.6. The van der Waals surface area contributed by atoms with Crippen molar-refractivity contribution in [2.75, 3.05) is 38.3 Å². The highest BCUT2D eigenvalue weighted by Crippen LogP contribution is 2.74. The number of ether oxygens (including phenoxy) is 3. The summed E-state index contributed by atoms with van der Waals surface area (Å²) < 4.78 is 81.0. The fourth-order valence-corrected chi connectivity index (χ4v) is 12.2. The molecule has 1 spiro atoms. The molecule has 6 heterocycles. The van der Waals surface area contributed by atoms with E-state index >= 15 is 9.13 Å². The quantitative estimate of drug-likeness (QED) is 0.106. The van der Waals surface area contributed by atoms with Crippen LogP contribution in [0, 0.1) is 35.0 Å². The topological polar surface area (TPSA) is 316 Å². The van der Waals surface area contributed by atoms with Crippen LogP contribution in [-0.4, -0.2) is 118 Å². The van der Waals surface area contributed by atoms with Gasteiger partial charge in [-0.2, -0.15) is 0 Å². The third kappa shape index (κ3) is 8.58. The van der Waals surface area contributed by atoms with Crippen molar-refractivity contribution in [3.63, 3.8) is 0 Å². The van der Waals surface area contributed by atoms with E-state index in [-0.39, 0.29) is 40.4 Å². The van der Waals surface area contributed by atoms with Crippen LogP contribution in [0.2, 0.25) is 0 Å². The molecular weight excluding hydrogens is 892 g/mol. The molecule has 27 heteroatoms. The Balaban J connectivity index is 1.21. The van der Waals surface area contributed by atoms with Gasteiger partial charge < -0.3 is 39.7 Å². The highest BCUT2D eigenvalue weighted by molar-refractivity contribution is 8.55. The van der Waals surface area contributed by atoms with Gasteiger partial charge in [0.15, 0.2) is 28.9 Å². The Labute approximate surface area is 363 Å². The van der Waals surface area contributed by atoms with Gasteiger partial charge >= 0.3 is 26.6 Å². The Bertz CT molecular complexity index is 2580. The molecule has 2 saturated heterocycles. The van der Waals surface area contributed by atoms with Gasteiger partial charge in [-0.05, 0) is 60.8 Å². The summed E-state index contributed by atoms with van der Waals surface area (Å²) in [6.07, 6.45) is -2.73. The maximum Gasteiger partial charge on any atom is 0.478 e. The number of aliphatic hydroxyl groups excluding tert-OH is 2. The first kappa shape index (κ1) is 45.7. The van der Waals surface area contributed by atoms with Crippen molar-refractivity contribution in [3.05, 3.63) is 35.2 Å². The smallest absolute Gasteiger partial charge is 0.454 e. The molecule has 344 valence electrons. The summed E-state index contributed by atoms with van der Waals surface area (Å²) in [6.45, 7) is 4.10. The van der Waals surface area contributed by atoms with Gasteiger partial charge in [0.05, 0.1) is 55.5 Å². The molecule has 2 aliphatic carbocycles. The number of rotatable bonds is 9. The number of imidazole rings is 2. The fraction of sp³-hybridized carbons (Fsp3) is 0.667. The van der Waals surface area contributed by atoms with E-state index in [1.54, 1.807) is 53.0 Å². The number of aliphatic hydroxyl groups is 2. The molecule has 63 heavy (non-hydrogen) atoms. The summed E-state index contributed by atoms with van der Waals surface area (Å²) in [7, 11) is -4.95. The van der Waals surface area contributed by atoms with Crippen LogP contribution in [0.25, 0.3) is 22.3 Å². The molecule has 2 saturated carbocycles. The molecular formula is C36H49N9O15P2S. The molecule has 24 nitrogen and oxygen atoms in total. The number of nitrogens with one attached hydrogen (secondary N) is 1. The molecule has 0 amide bonds. The van der Waals surface area contributed by atoms with Crippen LogP contribution in [0.1, 0.15) is 66.1 Å². The van der Waals surface area contributed by atoms with Crippen LogP contribution in [0.3, 0.4) is 0 Å². The lowest BCUT2D eigenvalue weighted by Crippen LogP contribution is -2.38. The number of aromatic amines is 1. The third-order valence-electron chi connectivity index (χ3n) is 11.5. The highest BCUT2D eigenvalue weighted by Gasteiger charge is 2.74. The number of phosphoric ester groups is 1. The molecule has 4 aliphatic rings. The summed E-state index contributed by atoms with van der Waals surface area (Å²) in [5.74, 6) is -3.14. The van der Waals surface area contributed by atoms with Crippen LogP contribution in [0.5, 0.6) is 0 Å². The van der Waals surface area contributed by atoms with E-state index in [0.29, 0.717) is 11.4 Å². The number of aryl methyl sites for hydroxylation is 1. The number of fused-ring (bicyclic) bond motifs is 4. The Morgan fingerprint density at radius 2 is 1.70 bits per heavy atom. The number of nitrogen functional groups attached to an aromatic ring is 1. The third-order valence-corrected chi connectivity index (χ3v) is 16.2. The summed E-state index contributed by atoms with van der Waals surface area (Å²) in [6, 6.07) is -0.853. The van der Waals surface area contributed by atoms with Crippen molar-refractivity contribution in [1.82, 2.24) is 39.0 Å². The van der Waals surface area contributed by atoms with Crippen LogP contribution in [0.4, 0.5) is 5.82 Å². The average molecular weight is 942 g/mol. The molecule has 5 N–H and O–H groups in total. The zero-order valence-corrected chi connectivity index (χ0v) is 37.9. The number of hydrogen-bond acceptors (Lipinski definition) is 22. The monoisotopic (exact) mass is 941 g/mol. The number of hydrogen-bond donors (Lipinski definition) is 4. The second-order valence-corrected chi connectivity index (χ2v) is 23.5. The zero-order valence-electron chi connectivity index (χ0n) is 35.3. The van der Waals surface area contributed by atoms with E-state index in [1.165, 1.54) is 23.5 Å². The Hall–Kier alpha value is -3.87. The van der Waals surface area contributed by atoms with Crippen molar-refractivity contribution >= 4 is 66.1 Å². The lowest BCUT2D eigenvalue weighted by atomic mass is 9.98. The molecule has 1 unspecified atom stereocenters. The Morgan fingerprint density at radius 1 is 1.00 bits per heavy atom. The van der Waals surface area contributed by atoms with Crippen LogP contribution in [-0.2, 0) is 55.5 Å². The number of carbonyl (C=O) groups is 2. The number of H-pyrrole nitrogens is 1. The summed E-state index contributed by atoms with van der Waals surface area (Å²) >= 11 is 0.545. The van der Waals surface area contributed by atoms with E-state index in [2.05, 4.69) is 29.9 Å². The van der Waals surface area contributed by atoms with Gasteiger partial charge in [-0.15, -0.1) is 0 Å². The lowest BCUT2D eigenvalue weighted by molar-refractivity contribution is -0.161. The molecule has 0 radical (unpaired) electrons. The summed E-state index contributed by atoms with van der Waals surface area (Å²) in [4.78, 5) is 62.4. The summed E-state index contributed by atoms with van der Waals surface area (Å²) in [5.41, 5.74) is 2.91. The highest BCUT2D eigenvalue weighted by atomic mass is 32.7.